The van der Waals surface area contributed by atoms with Crippen LogP contribution in [0.25, 0.3) is 0 Å². The van der Waals surface area contributed by atoms with Gasteiger partial charge in [0.25, 0.3) is 0 Å². The number of aryl methyl sites for hydroxylation is 1. The third-order valence-corrected chi connectivity index (χ3v) is 6.84. The van der Waals surface area contributed by atoms with Gasteiger partial charge in [0, 0.05) is 51.7 Å². The van der Waals surface area contributed by atoms with E-state index in [1.54, 1.807) is 24.3 Å². The van der Waals surface area contributed by atoms with E-state index < -0.39 is 10.0 Å². The van der Waals surface area contributed by atoms with Gasteiger partial charge in [-0.05, 0) is 38.4 Å². The van der Waals surface area contributed by atoms with Crippen molar-refractivity contribution >= 4 is 40.7 Å². The Kier molecular flexibility index (Phi) is 10.9. The molecule has 3 rings (SSSR count). The number of benzene rings is 1. The lowest BCUT2D eigenvalue weighted by atomic mass is 10.1. The molecule has 29 heavy (non-hydrogen) atoms. The number of carbonyl (C=O) groups is 1. The fourth-order valence-electron chi connectivity index (χ4n) is 3.63. The summed E-state index contributed by atoms with van der Waals surface area (Å²) in [4.78, 5) is 16.8. The lowest BCUT2D eigenvalue weighted by Gasteiger charge is -2.35. The van der Waals surface area contributed by atoms with Crippen LogP contribution in [-0.2, 0) is 14.8 Å². The van der Waals surface area contributed by atoms with Crippen LogP contribution in [0.15, 0.2) is 29.2 Å². The largest absolute Gasteiger partial charge is 0.340 e. The molecule has 0 saturated carbocycles. The fraction of sp³-hybridized carbons (Fsp3) is 0.632. The van der Waals surface area contributed by atoms with E-state index >= 15 is 0 Å². The molecule has 1 aromatic rings. The maximum atomic E-state index is 12.4. The first-order valence-corrected chi connectivity index (χ1v) is 11.2. The highest BCUT2D eigenvalue weighted by molar-refractivity contribution is 7.89. The highest BCUT2D eigenvalue weighted by atomic mass is 35.5. The Labute approximate surface area is 186 Å². The molecule has 1 atom stereocenters. The molecule has 10 heteroatoms. The smallest absolute Gasteiger partial charge is 0.240 e. The summed E-state index contributed by atoms with van der Waals surface area (Å²) >= 11 is 0. The van der Waals surface area contributed by atoms with Crippen molar-refractivity contribution in [3.8, 4) is 0 Å². The van der Waals surface area contributed by atoms with Crippen LogP contribution in [-0.4, -0.2) is 76.0 Å². The quantitative estimate of drug-likeness (QED) is 0.634. The van der Waals surface area contributed by atoms with Crippen LogP contribution in [0, 0.1) is 6.92 Å². The predicted molar refractivity (Wildman–Crippen MR) is 120 cm³/mol. The first-order chi connectivity index (χ1) is 12.9. The fourth-order valence-corrected chi connectivity index (χ4v) is 4.65. The van der Waals surface area contributed by atoms with E-state index in [0.717, 1.165) is 51.1 Å². The van der Waals surface area contributed by atoms with Crippen LogP contribution < -0.4 is 10.0 Å². The van der Waals surface area contributed by atoms with Crippen LogP contribution in [0.2, 0.25) is 0 Å². The number of carbonyl (C=O) groups excluding carboxylic acids is 1. The molecule has 0 aromatic heterocycles. The van der Waals surface area contributed by atoms with E-state index in [0.29, 0.717) is 30.4 Å². The third-order valence-electron chi connectivity index (χ3n) is 5.36. The van der Waals surface area contributed by atoms with Crippen molar-refractivity contribution in [2.45, 2.75) is 37.1 Å². The summed E-state index contributed by atoms with van der Waals surface area (Å²) in [5.74, 6) is 0.231. The molecular formula is C19H32Cl2N4O3S. The topological polar surface area (TPSA) is 81.8 Å². The van der Waals surface area contributed by atoms with E-state index in [-0.39, 0.29) is 30.7 Å². The average molecular weight is 467 g/mol. The predicted octanol–water partition coefficient (Wildman–Crippen LogP) is 1.40. The summed E-state index contributed by atoms with van der Waals surface area (Å²) in [6.45, 7) is 6.98. The maximum absolute atomic E-state index is 12.4. The van der Waals surface area contributed by atoms with Crippen LogP contribution in [0.4, 0.5) is 0 Å². The zero-order chi connectivity index (χ0) is 19.3. The Morgan fingerprint density at radius 2 is 1.79 bits per heavy atom. The first kappa shape index (κ1) is 26.1. The molecule has 2 saturated heterocycles. The summed E-state index contributed by atoms with van der Waals surface area (Å²) < 4.78 is 27.3. The number of hydrogen-bond donors (Lipinski definition) is 2. The summed E-state index contributed by atoms with van der Waals surface area (Å²) in [5, 5.41) is 3.37. The summed E-state index contributed by atoms with van der Waals surface area (Å²) in [5.41, 5.74) is 1.03. The Morgan fingerprint density at radius 1 is 1.14 bits per heavy atom. The zero-order valence-corrected chi connectivity index (χ0v) is 19.3. The number of rotatable bonds is 7. The number of sulfonamides is 1. The van der Waals surface area contributed by atoms with E-state index in [4.69, 9.17) is 0 Å². The molecule has 0 radical (unpaired) electrons. The van der Waals surface area contributed by atoms with Gasteiger partial charge >= 0.3 is 0 Å². The van der Waals surface area contributed by atoms with Crippen molar-refractivity contribution in [3.63, 3.8) is 0 Å². The third kappa shape index (κ3) is 7.70. The molecule has 0 spiro atoms. The molecule has 2 aliphatic rings. The lowest BCUT2D eigenvalue weighted by molar-refractivity contribution is -0.133. The molecule has 1 amide bonds. The van der Waals surface area contributed by atoms with Crippen molar-refractivity contribution in [1.29, 1.82) is 0 Å². The molecule has 1 aromatic carbocycles. The van der Waals surface area contributed by atoms with E-state index in [9.17, 15) is 13.2 Å². The van der Waals surface area contributed by atoms with Gasteiger partial charge in [-0.3, -0.25) is 9.69 Å². The minimum absolute atomic E-state index is 0. The lowest BCUT2D eigenvalue weighted by Crippen LogP contribution is -2.51. The number of piperazine rings is 1. The number of halogens is 2. The zero-order valence-electron chi connectivity index (χ0n) is 16.8. The Hall–Kier alpha value is -0.900. The van der Waals surface area contributed by atoms with Crippen LogP contribution in [0.5, 0.6) is 0 Å². The second-order valence-corrected chi connectivity index (χ2v) is 9.20. The molecule has 0 aliphatic carbocycles. The van der Waals surface area contributed by atoms with Gasteiger partial charge in [0.1, 0.15) is 0 Å². The van der Waals surface area contributed by atoms with Crippen LogP contribution in [0.3, 0.4) is 0 Å². The SMILES string of the molecule is Cc1ccc(S(=O)(=O)NCCN2CCN(C(=O)CC3CCCN3)CC2)cc1.Cl.Cl. The van der Waals surface area contributed by atoms with E-state index in [1.165, 1.54) is 0 Å². The van der Waals surface area contributed by atoms with E-state index in [1.807, 2.05) is 11.8 Å². The molecule has 2 aliphatic heterocycles. The van der Waals surface area contributed by atoms with Crippen LogP contribution in [0.1, 0.15) is 24.8 Å². The van der Waals surface area contributed by atoms with Crippen molar-refractivity contribution in [2.24, 2.45) is 0 Å². The van der Waals surface area contributed by atoms with Gasteiger partial charge in [0.2, 0.25) is 15.9 Å². The number of amides is 1. The highest BCUT2D eigenvalue weighted by Crippen LogP contribution is 2.12. The average Bonchev–Trinajstić information content (AvgIpc) is 3.15. The molecule has 7 nitrogen and oxygen atoms in total. The number of hydrogen-bond acceptors (Lipinski definition) is 5. The second kappa shape index (κ2) is 12.1. The molecule has 1 unspecified atom stereocenters. The summed E-state index contributed by atoms with van der Waals surface area (Å²) in [7, 11) is -3.46. The monoisotopic (exact) mass is 466 g/mol. The highest BCUT2D eigenvalue weighted by Gasteiger charge is 2.25. The van der Waals surface area contributed by atoms with Gasteiger partial charge in [-0.1, -0.05) is 17.7 Å². The van der Waals surface area contributed by atoms with Crippen molar-refractivity contribution in [3.05, 3.63) is 29.8 Å². The second-order valence-electron chi connectivity index (χ2n) is 7.43. The van der Waals surface area contributed by atoms with Gasteiger partial charge in [-0.2, -0.15) is 0 Å². The minimum atomic E-state index is -3.46. The Balaban J connectivity index is 0.00000210. The summed E-state index contributed by atoms with van der Waals surface area (Å²) in [6.07, 6.45) is 2.84. The molecule has 166 valence electrons. The van der Waals surface area contributed by atoms with Gasteiger partial charge < -0.3 is 10.2 Å². The normalized spacial score (nSPS) is 20.0. The summed E-state index contributed by atoms with van der Waals surface area (Å²) in [6, 6.07) is 7.19. The number of nitrogens with one attached hydrogen (secondary N) is 2. The Morgan fingerprint density at radius 3 is 2.38 bits per heavy atom. The van der Waals surface area contributed by atoms with Crippen molar-refractivity contribution in [1.82, 2.24) is 19.8 Å². The molecular weight excluding hydrogens is 435 g/mol. The van der Waals surface area contributed by atoms with Gasteiger partial charge in [-0.15, -0.1) is 24.8 Å². The maximum Gasteiger partial charge on any atom is 0.240 e. The molecule has 0 bridgehead atoms. The van der Waals surface area contributed by atoms with Gasteiger partial charge in [0.05, 0.1) is 4.90 Å². The van der Waals surface area contributed by atoms with E-state index in [2.05, 4.69) is 14.9 Å². The first-order valence-electron chi connectivity index (χ1n) is 9.74. The molecule has 2 N–H and O–H groups in total. The van der Waals surface area contributed by atoms with Gasteiger partial charge in [-0.25, -0.2) is 13.1 Å². The standard InChI is InChI=1S/C19H30N4O3S.2ClH/c1-16-4-6-18(7-5-16)27(25,26)21-9-10-22-11-13-23(14-12-22)19(24)15-17-3-2-8-20-17;;/h4-7,17,20-21H,2-3,8-15H2,1H3;2*1H. The van der Waals surface area contributed by atoms with Crippen LogP contribution >= 0.6 is 24.8 Å². The Bertz CT molecular complexity index is 732. The molecule has 2 heterocycles. The van der Waals surface area contributed by atoms with Crippen molar-refractivity contribution in [2.75, 3.05) is 45.8 Å². The van der Waals surface area contributed by atoms with Gasteiger partial charge in [0.15, 0.2) is 0 Å². The van der Waals surface area contributed by atoms with Crippen molar-refractivity contribution < 1.29 is 13.2 Å². The minimum Gasteiger partial charge on any atom is -0.340 e. The number of nitrogens with zero attached hydrogens (tertiary/aromatic N) is 2. The molecule has 2 fully saturated rings.